The van der Waals surface area contributed by atoms with Crippen LogP contribution in [0.3, 0.4) is 0 Å². The van der Waals surface area contributed by atoms with E-state index in [0.717, 1.165) is 44.6 Å². The molecule has 106 valence electrons. The Hall–Kier alpha value is -2.25. The van der Waals surface area contributed by atoms with Crippen molar-refractivity contribution < 1.29 is 0 Å². The molecule has 0 atom stereocenters. The third kappa shape index (κ3) is 2.40. The lowest BCUT2D eigenvalue weighted by molar-refractivity contribution is 0.582. The fourth-order valence-corrected chi connectivity index (χ4v) is 2.36. The van der Waals surface area contributed by atoms with Crippen molar-refractivity contribution in [2.24, 2.45) is 0 Å². The van der Waals surface area contributed by atoms with Crippen molar-refractivity contribution in [2.75, 3.05) is 23.7 Å². The van der Waals surface area contributed by atoms with Crippen molar-refractivity contribution in [1.29, 1.82) is 0 Å². The predicted octanol–water partition coefficient (Wildman–Crippen LogP) is 0.722. The molecule has 1 saturated heterocycles. The molecule has 2 N–H and O–H groups in total. The fourth-order valence-electron chi connectivity index (χ4n) is 2.36. The molecule has 1 aliphatic heterocycles. The minimum Gasteiger partial charge on any atom is -0.368 e. The highest BCUT2D eigenvalue weighted by Gasteiger charge is 2.18. The van der Waals surface area contributed by atoms with Crippen LogP contribution in [0, 0.1) is 0 Å². The Morgan fingerprint density at radius 3 is 2.75 bits per heavy atom. The molecule has 3 rings (SSSR count). The first kappa shape index (κ1) is 12.8. The first-order valence-corrected chi connectivity index (χ1v) is 6.93. The number of hydrogen-bond donors (Lipinski definition) is 1. The number of anilines is 2. The van der Waals surface area contributed by atoms with Crippen LogP contribution in [0.15, 0.2) is 6.20 Å². The molecular formula is C12H18N8. The summed E-state index contributed by atoms with van der Waals surface area (Å²) in [5, 5.41) is 7.98. The second-order valence-corrected chi connectivity index (χ2v) is 4.85. The topological polar surface area (TPSA) is 98.6 Å². The molecular weight excluding hydrogens is 256 g/mol. The molecule has 0 bridgehead atoms. The van der Waals surface area contributed by atoms with E-state index < -0.39 is 0 Å². The van der Waals surface area contributed by atoms with Crippen LogP contribution in [0.5, 0.6) is 0 Å². The van der Waals surface area contributed by atoms with Gasteiger partial charge in [0.15, 0.2) is 5.82 Å². The quantitative estimate of drug-likeness (QED) is 0.877. The molecule has 3 heterocycles. The molecule has 20 heavy (non-hydrogen) atoms. The van der Waals surface area contributed by atoms with Gasteiger partial charge in [0.05, 0.1) is 6.20 Å². The van der Waals surface area contributed by atoms with Gasteiger partial charge in [0, 0.05) is 19.6 Å². The molecule has 0 spiro atoms. The average molecular weight is 274 g/mol. The smallest absolute Gasteiger partial charge is 0.230 e. The molecule has 0 aromatic carbocycles. The highest BCUT2D eigenvalue weighted by molar-refractivity contribution is 5.52. The standard InChI is InChI=1S/C12H18N8/c1-2-5-20-9(8-14-18-20)10-15-11(13)17-12(16-10)19-6-3-4-7-19/h8H,2-7H2,1H3,(H2,13,15,16,17). The maximum Gasteiger partial charge on any atom is 0.230 e. The van der Waals surface area contributed by atoms with E-state index in [9.17, 15) is 0 Å². The van der Waals surface area contributed by atoms with Gasteiger partial charge in [-0.1, -0.05) is 12.1 Å². The number of rotatable bonds is 4. The van der Waals surface area contributed by atoms with Crippen LogP contribution in [-0.4, -0.2) is 43.0 Å². The summed E-state index contributed by atoms with van der Waals surface area (Å²) in [7, 11) is 0. The lowest BCUT2D eigenvalue weighted by Crippen LogP contribution is -2.22. The van der Waals surface area contributed by atoms with Crippen LogP contribution in [-0.2, 0) is 6.54 Å². The van der Waals surface area contributed by atoms with Gasteiger partial charge in [0.25, 0.3) is 0 Å². The van der Waals surface area contributed by atoms with Gasteiger partial charge in [-0.3, -0.25) is 0 Å². The Morgan fingerprint density at radius 2 is 2.00 bits per heavy atom. The van der Waals surface area contributed by atoms with E-state index in [1.165, 1.54) is 0 Å². The second kappa shape index (κ2) is 5.40. The van der Waals surface area contributed by atoms with Crippen LogP contribution < -0.4 is 10.6 Å². The lowest BCUT2D eigenvalue weighted by Gasteiger charge is -2.15. The van der Waals surface area contributed by atoms with Crippen molar-refractivity contribution in [3.8, 4) is 11.5 Å². The van der Waals surface area contributed by atoms with Gasteiger partial charge in [-0.2, -0.15) is 15.0 Å². The zero-order valence-corrected chi connectivity index (χ0v) is 11.5. The summed E-state index contributed by atoms with van der Waals surface area (Å²) in [4.78, 5) is 15.1. The largest absolute Gasteiger partial charge is 0.368 e. The Balaban J connectivity index is 1.98. The molecule has 8 heteroatoms. The summed E-state index contributed by atoms with van der Waals surface area (Å²) in [6, 6.07) is 0. The summed E-state index contributed by atoms with van der Waals surface area (Å²) in [5.41, 5.74) is 6.60. The minimum atomic E-state index is 0.237. The number of hydrogen-bond acceptors (Lipinski definition) is 7. The molecule has 2 aromatic heterocycles. The molecule has 2 aromatic rings. The van der Waals surface area contributed by atoms with E-state index in [2.05, 4.69) is 37.1 Å². The summed E-state index contributed by atoms with van der Waals surface area (Å²) >= 11 is 0. The third-order valence-corrected chi connectivity index (χ3v) is 3.31. The van der Waals surface area contributed by atoms with Crippen LogP contribution in [0.2, 0.25) is 0 Å². The number of aryl methyl sites for hydroxylation is 1. The maximum atomic E-state index is 5.82. The van der Waals surface area contributed by atoms with Gasteiger partial charge in [-0.05, 0) is 19.3 Å². The molecule has 0 unspecified atom stereocenters. The first-order chi connectivity index (χ1) is 9.78. The van der Waals surface area contributed by atoms with Crippen LogP contribution in [0.1, 0.15) is 26.2 Å². The average Bonchev–Trinajstić information content (AvgIpc) is 3.09. The lowest BCUT2D eigenvalue weighted by atomic mass is 10.4. The summed E-state index contributed by atoms with van der Waals surface area (Å²) in [6.07, 6.45) is 4.96. The first-order valence-electron chi connectivity index (χ1n) is 6.93. The minimum absolute atomic E-state index is 0.237. The Bertz CT molecular complexity index is 587. The SMILES string of the molecule is CCCn1nncc1-c1nc(N)nc(N2CCCC2)n1. The van der Waals surface area contributed by atoms with E-state index in [1.807, 2.05) is 0 Å². The van der Waals surface area contributed by atoms with Crippen molar-refractivity contribution >= 4 is 11.9 Å². The monoisotopic (exact) mass is 274 g/mol. The van der Waals surface area contributed by atoms with Gasteiger partial charge >= 0.3 is 0 Å². The predicted molar refractivity (Wildman–Crippen MR) is 75.0 cm³/mol. The highest BCUT2D eigenvalue weighted by Crippen LogP contribution is 2.20. The van der Waals surface area contributed by atoms with Gasteiger partial charge in [-0.15, -0.1) is 5.10 Å². The van der Waals surface area contributed by atoms with Crippen molar-refractivity contribution in [2.45, 2.75) is 32.7 Å². The second-order valence-electron chi connectivity index (χ2n) is 4.85. The Morgan fingerprint density at radius 1 is 1.20 bits per heavy atom. The van der Waals surface area contributed by atoms with E-state index in [0.29, 0.717) is 11.8 Å². The van der Waals surface area contributed by atoms with Gasteiger partial charge in [-0.25, -0.2) is 4.68 Å². The molecule has 1 aliphatic rings. The zero-order valence-electron chi connectivity index (χ0n) is 11.5. The van der Waals surface area contributed by atoms with Crippen LogP contribution >= 0.6 is 0 Å². The van der Waals surface area contributed by atoms with E-state index in [4.69, 9.17) is 5.73 Å². The maximum absolute atomic E-state index is 5.82. The normalized spacial score (nSPS) is 14.9. The fraction of sp³-hybridized carbons (Fsp3) is 0.583. The summed E-state index contributed by atoms with van der Waals surface area (Å²) < 4.78 is 1.79. The summed E-state index contributed by atoms with van der Waals surface area (Å²) in [6.45, 7) is 4.80. The number of nitrogen functional groups attached to an aromatic ring is 1. The third-order valence-electron chi connectivity index (χ3n) is 3.31. The van der Waals surface area contributed by atoms with Crippen LogP contribution in [0.4, 0.5) is 11.9 Å². The number of aromatic nitrogens is 6. The molecule has 1 fully saturated rings. The van der Waals surface area contributed by atoms with Crippen molar-refractivity contribution in [3.05, 3.63) is 6.20 Å². The van der Waals surface area contributed by atoms with Gasteiger partial charge in [0.1, 0.15) is 5.69 Å². The van der Waals surface area contributed by atoms with Gasteiger partial charge < -0.3 is 10.6 Å². The molecule has 8 nitrogen and oxygen atoms in total. The molecule has 0 aliphatic carbocycles. The summed E-state index contributed by atoms with van der Waals surface area (Å²) in [5.74, 6) is 1.42. The van der Waals surface area contributed by atoms with Crippen molar-refractivity contribution in [1.82, 2.24) is 29.9 Å². The Labute approximate surface area is 117 Å². The molecule has 0 amide bonds. The van der Waals surface area contributed by atoms with E-state index in [-0.39, 0.29) is 5.95 Å². The van der Waals surface area contributed by atoms with Crippen molar-refractivity contribution in [3.63, 3.8) is 0 Å². The van der Waals surface area contributed by atoms with E-state index in [1.54, 1.807) is 10.9 Å². The molecule has 0 saturated carbocycles. The zero-order chi connectivity index (χ0) is 13.9. The van der Waals surface area contributed by atoms with Crippen LogP contribution in [0.25, 0.3) is 11.5 Å². The number of nitrogens with zero attached hydrogens (tertiary/aromatic N) is 7. The number of nitrogens with two attached hydrogens (primary N) is 1. The van der Waals surface area contributed by atoms with E-state index >= 15 is 0 Å². The Kier molecular flexibility index (Phi) is 3.44. The highest BCUT2D eigenvalue weighted by atomic mass is 15.4. The van der Waals surface area contributed by atoms with Gasteiger partial charge in [0.2, 0.25) is 11.9 Å². The molecule has 0 radical (unpaired) electrons.